The molecule has 0 unspecified atom stereocenters. The molecule has 1 saturated heterocycles. The molecule has 0 aromatic carbocycles. The summed E-state index contributed by atoms with van der Waals surface area (Å²) < 4.78 is 1.82. The standard InChI is InChI=1S/C21H20N6O5S2/c22-21-23-13(10-34-21)14(25-32-12-4-5-12)17(28)24-15-18(29)27-16(20(30)31)11(9-33-19(15)27)8-26-6-2-1-3-7-26/h1-3,6-7,10,12,15,19H,4-5,8-9H2,(H3-,22,23,24,28,30,31)/t15-,19-/m1/s1. The number of thioether (sulfide) groups is 1. The number of carboxylic acids is 1. The number of carboxylic acid groups (broad SMARTS) is 1. The van der Waals surface area contributed by atoms with Crippen molar-refractivity contribution in [1.82, 2.24) is 15.2 Å². The molecule has 0 radical (unpaired) electrons. The number of nitrogens with one attached hydrogen (secondary N) is 1. The summed E-state index contributed by atoms with van der Waals surface area (Å²) in [5.41, 5.74) is 6.28. The third kappa shape index (κ3) is 4.35. The molecule has 34 heavy (non-hydrogen) atoms. The topological polar surface area (TPSA) is 154 Å². The number of nitrogens with two attached hydrogens (primary N) is 1. The van der Waals surface area contributed by atoms with Crippen LogP contribution in [0.25, 0.3) is 0 Å². The predicted octanol–water partition coefficient (Wildman–Crippen LogP) is -1.000. The van der Waals surface area contributed by atoms with Gasteiger partial charge in [0, 0.05) is 28.8 Å². The molecule has 11 nitrogen and oxygen atoms in total. The molecule has 3 aliphatic rings. The second-order valence-electron chi connectivity index (χ2n) is 7.96. The SMILES string of the molecule is Nc1nc(C(=NOC2CC2)C(=O)N[C@@H]2C(=O)N3C(C(=O)[O-])=C(C[n+]4ccccc4)CS[C@H]23)cs1. The molecule has 2 amide bonds. The lowest BCUT2D eigenvalue weighted by Gasteiger charge is -2.50. The predicted molar refractivity (Wildman–Crippen MR) is 121 cm³/mol. The van der Waals surface area contributed by atoms with E-state index >= 15 is 0 Å². The fourth-order valence-electron chi connectivity index (χ4n) is 3.66. The molecule has 2 aliphatic heterocycles. The van der Waals surface area contributed by atoms with E-state index in [-0.39, 0.29) is 28.3 Å². The number of pyridine rings is 1. The Bertz CT molecular complexity index is 1210. The van der Waals surface area contributed by atoms with E-state index in [9.17, 15) is 19.5 Å². The number of nitrogen functional groups attached to an aromatic ring is 1. The van der Waals surface area contributed by atoms with E-state index in [2.05, 4.69) is 15.5 Å². The van der Waals surface area contributed by atoms with E-state index in [1.807, 2.05) is 35.2 Å². The molecule has 2 atom stereocenters. The van der Waals surface area contributed by atoms with Crippen LogP contribution in [0.4, 0.5) is 5.13 Å². The summed E-state index contributed by atoms with van der Waals surface area (Å²) in [6.45, 7) is 0.311. The summed E-state index contributed by atoms with van der Waals surface area (Å²) in [6.07, 6.45) is 5.30. The summed E-state index contributed by atoms with van der Waals surface area (Å²) >= 11 is 2.53. The lowest BCUT2D eigenvalue weighted by molar-refractivity contribution is -0.689. The van der Waals surface area contributed by atoms with Crippen LogP contribution in [0, 0.1) is 0 Å². The Morgan fingerprint density at radius 3 is 2.74 bits per heavy atom. The van der Waals surface area contributed by atoms with Crippen LogP contribution in [-0.4, -0.2) is 56.7 Å². The first-order valence-electron chi connectivity index (χ1n) is 10.5. The molecule has 13 heteroatoms. The highest BCUT2D eigenvalue weighted by Crippen LogP contribution is 2.40. The zero-order chi connectivity index (χ0) is 23.8. The van der Waals surface area contributed by atoms with E-state index in [1.54, 1.807) is 5.38 Å². The molecular formula is C21H20N6O5S2. The van der Waals surface area contributed by atoms with Gasteiger partial charge in [-0.25, -0.2) is 9.55 Å². The second-order valence-corrected chi connectivity index (χ2v) is 9.96. The number of rotatable bonds is 8. The molecule has 1 aliphatic carbocycles. The first-order chi connectivity index (χ1) is 16.4. The van der Waals surface area contributed by atoms with Crippen molar-refractivity contribution in [2.75, 3.05) is 11.5 Å². The highest BCUT2D eigenvalue weighted by molar-refractivity contribution is 8.00. The van der Waals surface area contributed by atoms with Crippen molar-refractivity contribution in [3.05, 3.63) is 52.9 Å². The molecule has 1 saturated carbocycles. The molecule has 0 spiro atoms. The van der Waals surface area contributed by atoms with Crippen molar-refractivity contribution in [3.8, 4) is 0 Å². The van der Waals surface area contributed by atoms with Crippen LogP contribution in [0.5, 0.6) is 0 Å². The Morgan fingerprint density at radius 2 is 2.09 bits per heavy atom. The maximum Gasteiger partial charge on any atom is 0.276 e. The van der Waals surface area contributed by atoms with Crippen molar-refractivity contribution < 1.29 is 28.9 Å². The largest absolute Gasteiger partial charge is 0.543 e. The third-order valence-corrected chi connectivity index (χ3v) is 7.49. The number of fused-ring (bicyclic) bond motifs is 1. The number of aromatic nitrogens is 2. The van der Waals surface area contributed by atoms with Crippen molar-refractivity contribution in [2.45, 2.75) is 36.9 Å². The van der Waals surface area contributed by atoms with Gasteiger partial charge < -0.3 is 25.8 Å². The van der Waals surface area contributed by atoms with Gasteiger partial charge in [-0.15, -0.1) is 23.1 Å². The van der Waals surface area contributed by atoms with Gasteiger partial charge in [0.1, 0.15) is 23.2 Å². The molecular weight excluding hydrogens is 480 g/mol. The minimum Gasteiger partial charge on any atom is -0.543 e. The van der Waals surface area contributed by atoms with Gasteiger partial charge in [-0.05, 0) is 12.8 Å². The molecule has 2 aromatic rings. The lowest BCUT2D eigenvalue weighted by atomic mass is 10.0. The van der Waals surface area contributed by atoms with Crippen LogP contribution in [-0.2, 0) is 25.8 Å². The number of carbonyl (C=O) groups is 3. The normalized spacial score (nSPS) is 22.2. The summed E-state index contributed by atoms with van der Waals surface area (Å²) in [4.78, 5) is 48.5. The quantitative estimate of drug-likeness (QED) is 0.203. The second kappa shape index (κ2) is 9.06. The molecule has 2 aromatic heterocycles. The van der Waals surface area contributed by atoms with Crippen molar-refractivity contribution >= 4 is 51.7 Å². The minimum absolute atomic E-state index is 0.0369. The number of oxime groups is 1. The average Bonchev–Trinajstić information content (AvgIpc) is 3.56. The third-order valence-electron chi connectivity index (χ3n) is 5.48. The minimum atomic E-state index is -1.42. The van der Waals surface area contributed by atoms with Gasteiger partial charge in [0.05, 0.1) is 11.7 Å². The average molecular weight is 501 g/mol. The summed E-state index contributed by atoms with van der Waals surface area (Å²) in [7, 11) is 0. The van der Waals surface area contributed by atoms with Crippen molar-refractivity contribution in [3.63, 3.8) is 0 Å². The Labute approximate surface area is 202 Å². The van der Waals surface area contributed by atoms with Crippen LogP contribution < -0.4 is 20.7 Å². The van der Waals surface area contributed by atoms with E-state index in [4.69, 9.17) is 10.6 Å². The molecule has 5 rings (SSSR count). The lowest BCUT2D eigenvalue weighted by Crippen LogP contribution is -2.71. The summed E-state index contributed by atoms with van der Waals surface area (Å²) in [6, 6.07) is 4.61. The Hall–Kier alpha value is -3.45. The number of hydrogen-bond donors (Lipinski definition) is 2. The Kier molecular flexibility index (Phi) is 5.96. The highest BCUT2D eigenvalue weighted by Gasteiger charge is 2.53. The van der Waals surface area contributed by atoms with Crippen molar-refractivity contribution in [1.29, 1.82) is 0 Å². The Balaban J connectivity index is 1.34. The number of anilines is 1. The Morgan fingerprint density at radius 1 is 1.32 bits per heavy atom. The van der Waals surface area contributed by atoms with Crippen LogP contribution in [0.15, 0.2) is 52.4 Å². The zero-order valence-corrected chi connectivity index (χ0v) is 19.4. The monoisotopic (exact) mass is 500 g/mol. The van der Waals surface area contributed by atoms with Gasteiger partial charge in [-0.2, -0.15) is 0 Å². The van der Waals surface area contributed by atoms with Gasteiger partial charge in [0.15, 0.2) is 29.8 Å². The van der Waals surface area contributed by atoms with Crippen LogP contribution in [0.3, 0.4) is 0 Å². The van der Waals surface area contributed by atoms with Gasteiger partial charge in [0.2, 0.25) is 0 Å². The fraction of sp³-hybridized carbons (Fsp3) is 0.333. The van der Waals surface area contributed by atoms with Crippen LogP contribution in [0.2, 0.25) is 0 Å². The number of thiazole rings is 1. The van der Waals surface area contributed by atoms with E-state index in [1.165, 1.54) is 16.7 Å². The fourth-order valence-corrected chi connectivity index (χ4v) is 5.55. The van der Waals surface area contributed by atoms with Crippen molar-refractivity contribution in [2.24, 2.45) is 5.16 Å². The maximum atomic E-state index is 13.0. The van der Waals surface area contributed by atoms with Gasteiger partial charge in [-0.1, -0.05) is 11.2 Å². The van der Waals surface area contributed by atoms with Crippen LogP contribution in [0.1, 0.15) is 18.5 Å². The number of nitrogens with zero attached hydrogens (tertiary/aromatic N) is 4. The summed E-state index contributed by atoms with van der Waals surface area (Å²) in [5.74, 6) is -2.22. The zero-order valence-electron chi connectivity index (χ0n) is 17.7. The first-order valence-corrected chi connectivity index (χ1v) is 12.4. The number of hydrogen-bond acceptors (Lipinski definition) is 10. The van der Waals surface area contributed by atoms with Gasteiger partial charge in [0.25, 0.3) is 11.8 Å². The highest BCUT2D eigenvalue weighted by atomic mass is 32.2. The number of aliphatic carboxylic acids is 1. The maximum absolute atomic E-state index is 13.0. The number of amides is 2. The molecule has 4 heterocycles. The number of β-lactam (4-membered cyclic amide) rings is 1. The van der Waals surface area contributed by atoms with Crippen LogP contribution >= 0.6 is 23.1 Å². The van der Waals surface area contributed by atoms with Gasteiger partial charge >= 0.3 is 0 Å². The van der Waals surface area contributed by atoms with Gasteiger partial charge in [-0.3, -0.25) is 14.5 Å². The van der Waals surface area contributed by atoms with E-state index in [0.717, 1.165) is 24.2 Å². The first kappa shape index (κ1) is 22.3. The molecule has 3 N–H and O–H groups in total. The smallest absolute Gasteiger partial charge is 0.276 e. The van der Waals surface area contributed by atoms with E-state index in [0.29, 0.717) is 17.9 Å². The number of carbonyl (C=O) groups excluding carboxylic acids is 3. The summed E-state index contributed by atoms with van der Waals surface area (Å²) in [5, 5.41) is 19.8. The van der Waals surface area contributed by atoms with E-state index < -0.39 is 29.2 Å². The molecule has 176 valence electrons. The molecule has 0 bridgehead atoms. The molecule has 2 fully saturated rings.